The van der Waals surface area contributed by atoms with Crippen LogP contribution < -0.4 is 10.6 Å². The Morgan fingerprint density at radius 2 is 1.72 bits per heavy atom. The van der Waals surface area contributed by atoms with E-state index in [4.69, 9.17) is 5.73 Å². The van der Waals surface area contributed by atoms with E-state index < -0.39 is 11.6 Å². The van der Waals surface area contributed by atoms with Crippen LogP contribution in [0.1, 0.15) is 0 Å². The zero-order chi connectivity index (χ0) is 13.3. The SMILES string of the molecule is CN(c1ccc(Br)cc1N)c1ccc(F)cc1F. The lowest BCUT2D eigenvalue weighted by Crippen LogP contribution is -2.13. The molecule has 2 aromatic rings. The summed E-state index contributed by atoms with van der Waals surface area (Å²) in [5.74, 6) is -1.23. The molecule has 0 atom stereocenters. The lowest BCUT2D eigenvalue weighted by Gasteiger charge is -2.21. The van der Waals surface area contributed by atoms with Crippen LogP contribution in [0.25, 0.3) is 0 Å². The van der Waals surface area contributed by atoms with E-state index in [0.717, 1.165) is 10.5 Å². The molecule has 0 aliphatic rings. The van der Waals surface area contributed by atoms with Crippen molar-refractivity contribution in [3.8, 4) is 0 Å². The number of nitrogens with two attached hydrogens (primary N) is 1. The van der Waals surface area contributed by atoms with E-state index in [1.54, 1.807) is 24.1 Å². The summed E-state index contributed by atoms with van der Waals surface area (Å²) in [7, 11) is 1.68. The number of hydrogen-bond donors (Lipinski definition) is 1. The van der Waals surface area contributed by atoms with Crippen LogP contribution in [-0.2, 0) is 0 Å². The fourth-order valence-electron chi connectivity index (χ4n) is 1.71. The highest BCUT2D eigenvalue weighted by Crippen LogP contribution is 2.32. The minimum atomic E-state index is -0.625. The molecular formula is C13H11BrF2N2. The lowest BCUT2D eigenvalue weighted by molar-refractivity contribution is 0.583. The van der Waals surface area contributed by atoms with Gasteiger partial charge in [0.15, 0.2) is 0 Å². The van der Waals surface area contributed by atoms with Gasteiger partial charge in [0.25, 0.3) is 0 Å². The Balaban J connectivity index is 2.44. The Morgan fingerprint density at radius 1 is 1.06 bits per heavy atom. The number of halogens is 3. The number of benzene rings is 2. The summed E-state index contributed by atoms with van der Waals surface area (Å²) in [5.41, 5.74) is 7.31. The first-order chi connectivity index (χ1) is 8.49. The standard InChI is InChI=1S/C13H11BrF2N2/c1-18(12-5-3-9(15)7-10(12)16)13-4-2-8(14)6-11(13)17/h2-7H,17H2,1H3. The average molecular weight is 313 g/mol. The highest BCUT2D eigenvalue weighted by atomic mass is 79.9. The highest BCUT2D eigenvalue weighted by Gasteiger charge is 2.12. The molecule has 0 bridgehead atoms. The number of nitrogens with zero attached hydrogens (tertiary/aromatic N) is 1. The summed E-state index contributed by atoms with van der Waals surface area (Å²) < 4.78 is 27.4. The Kier molecular flexibility index (Phi) is 3.52. The van der Waals surface area contributed by atoms with Crippen molar-refractivity contribution in [3.63, 3.8) is 0 Å². The van der Waals surface area contributed by atoms with E-state index in [0.29, 0.717) is 11.4 Å². The van der Waals surface area contributed by atoms with Crippen molar-refractivity contribution in [2.24, 2.45) is 0 Å². The van der Waals surface area contributed by atoms with Crippen molar-refractivity contribution < 1.29 is 8.78 Å². The maximum Gasteiger partial charge on any atom is 0.149 e. The largest absolute Gasteiger partial charge is 0.397 e. The van der Waals surface area contributed by atoms with Gasteiger partial charge in [-0.3, -0.25) is 0 Å². The van der Waals surface area contributed by atoms with Gasteiger partial charge < -0.3 is 10.6 Å². The van der Waals surface area contributed by atoms with Gasteiger partial charge in [-0.05, 0) is 30.3 Å². The van der Waals surface area contributed by atoms with Crippen LogP contribution in [0, 0.1) is 11.6 Å². The zero-order valence-electron chi connectivity index (χ0n) is 9.62. The van der Waals surface area contributed by atoms with Gasteiger partial charge in [0.2, 0.25) is 0 Å². The minimum Gasteiger partial charge on any atom is -0.397 e. The summed E-state index contributed by atoms with van der Waals surface area (Å²) >= 11 is 3.30. The second kappa shape index (κ2) is 4.94. The first-order valence-electron chi connectivity index (χ1n) is 5.23. The van der Waals surface area contributed by atoms with Gasteiger partial charge >= 0.3 is 0 Å². The third-order valence-corrected chi connectivity index (χ3v) is 3.12. The molecule has 2 nitrogen and oxygen atoms in total. The predicted molar refractivity (Wildman–Crippen MR) is 73.0 cm³/mol. The molecule has 0 saturated heterocycles. The monoisotopic (exact) mass is 312 g/mol. The molecule has 0 saturated carbocycles. The van der Waals surface area contributed by atoms with Crippen LogP contribution in [0.3, 0.4) is 0 Å². The van der Waals surface area contributed by atoms with Crippen molar-refractivity contribution in [1.82, 2.24) is 0 Å². The van der Waals surface area contributed by atoms with Gasteiger partial charge in [0, 0.05) is 17.6 Å². The summed E-state index contributed by atoms with van der Waals surface area (Å²) in [4.78, 5) is 1.58. The molecule has 0 amide bonds. The molecule has 0 aliphatic heterocycles. The third kappa shape index (κ3) is 2.46. The van der Waals surface area contributed by atoms with Crippen molar-refractivity contribution in [2.45, 2.75) is 0 Å². The van der Waals surface area contributed by atoms with Crippen molar-refractivity contribution in [2.75, 3.05) is 17.7 Å². The molecule has 0 fully saturated rings. The van der Waals surface area contributed by atoms with Crippen LogP contribution in [0.2, 0.25) is 0 Å². The number of rotatable bonds is 2. The third-order valence-electron chi connectivity index (χ3n) is 2.62. The lowest BCUT2D eigenvalue weighted by atomic mass is 10.2. The van der Waals surface area contributed by atoms with E-state index in [1.807, 2.05) is 6.07 Å². The second-order valence-corrected chi connectivity index (χ2v) is 4.77. The second-order valence-electron chi connectivity index (χ2n) is 3.86. The fourth-order valence-corrected chi connectivity index (χ4v) is 2.09. The summed E-state index contributed by atoms with van der Waals surface area (Å²) in [6.45, 7) is 0. The molecular weight excluding hydrogens is 302 g/mol. The molecule has 0 unspecified atom stereocenters. The Labute approximate surface area is 112 Å². The van der Waals surface area contributed by atoms with Crippen LogP contribution in [0.5, 0.6) is 0 Å². The van der Waals surface area contributed by atoms with Crippen molar-refractivity contribution in [3.05, 3.63) is 52.5 Å². The van der Waals surface area contributed by atoms with E-state index in [9.17, 15) is 8.78 Å². The van der Waals surface area contributed by atoms with E-state index >= 15 is 0 Å². The fraction of sp³-hybridized carbons (Fsp3) is 0.0769. The first kappa shape index (κ1) is 12.8. The maximum atomic E-state index is 13.7. The Morgan fingerprint density at radius 3 is 2.33 bits per heavy atom. The first-order valence-corrected chi connectivity index (χ1v) is 6.02. The van der Waals surface area contributed by atoms with Crippen LogP contribution in [-0.4, -0.2) is 7.05 Å². The topological polar surface area (TPSA) is 29.3 Å². The average Bonchev–Trinajstić information content (AvgIpc) is 2.28. The van der Waals surface area contributed by atoms with Crippen LogP contribution >= 0.6 is 15.9 Å². The van der Waals surface area contributed by atoms with Gasteiger partial charge in [-0.15, -0.1) is 0 Å². The normalized spacial score (nSPS) is 10.4. The highest BCUT2D eigenvalue weighted by molar-refractivity contribution is 9.10. The maximum absolute atomic E-state index is 13.7. The molecule has 0 radical (unpaired) electrons. The van der Waals surface area contributed by atoms with Gasteiger partial charge in [-0.2, -0.15) is 0 Å². The number of hydrogen-bond acceptors (Lipinski definition) is 2. The predicted octanol–water partition coefficient (Wildman–Crippen LogP) is 4.08. The van der Waals surface area contributed by atoms with Gasteiger partial charge in [-0.25, -0.2) is 8.78 Å². The van der Waals surface area contributed by atoms with Crippen LogP contribution in [0.4, 0.5) is 25.8 Å². The van der Waals surface area contributed by atoms with Gasteiger partial charge in [0.1, 0.15) is 11.6 Å². The molecule has 2 N–H and O–H groups in total. The summed E-state index contributed by atoms with van der Waals surface area (Å²) in [5, 5.41) is 0. The molecule has 2 aromatic carbocycles. The molecule has 94 valence electrons. The summed E-state index contributed by atoms with van der Waals surface area (Å²) in [6, 6.07) is 8.75. The smallest absolute Gasteiger partial charge is 0.149 e. The zero-order valence-corrected chi connectivity index (χ0v) is 11.2. The van der Waals surface area contributed by atoms with Crippen molar-refractivity contribution in [1.29, 1.82) is 0 Å². The van der Waals surface area contributed by atoms with Gasteiger partial charge in [0.05, 0.1) is 17.1 Å². The van der Waals surface area contributed by atoms with E-state index in [2.05, 4.69) is 15.9 Å². The molecule has 18 heavy (non-hydrogen) atoms. The number of anilines is 3. The molecule has 0 aliphatic carbocycles. The Hall–Kier alpha value is -1.62. The van der Waals surface area contributed by atoms with Gasteiger partial charge in [-0.1, -0.05) is 15.9 Å². The van der Waals surface area contributed by atoms with E-state index in [1.165, 1.54) is 12.1 Å². The van der Waals surface area contributed by atoms with Crippen molar-refractivity contribution >= 4 is 33.0 Å². The molecule has 0 spiro atoms. The van der Waals surface area contributed by atoms with E-state index in [-0.39, 0.29) is 5.69 Å². The quantitative estimate of drug-likeness (QED) is 0.847. The molecule has 2 rings (SSSR count). The summed E-state index contributed by atoms with van der Waals surface area (Å²) in [6.07, 6.45) is 0. The molecule has 0 heterocycles. The van der Waals surface area contributed by atoms with Crippen LogP contribution in [0.15, 0.2) is 40.9 Å². The molecule has 0 aromatic heterocycles. The molecule has 5 heteroatoms. The minimum absolute atomic E-state index is 0.269. The Bertz CT molecular complexity index is 536. The number of nitrogen functional groups attached to an aromatic ring is 1.